The van der Waals surface area contributed by atoms with Crippen LogP contribution < -0.4 is 15.8 Å². The van der Waals surface area contributed by atoms with E-state index in [1.165, 1.54) is 36.7 Å². The van der Waals surface area contributed by atoms with Gasteiger partial charge in [0.05, 0.1) is 11.9 Å². The fraction of sp³-hybridized carbons (Fsp3) is 0.0909. The van der Waals surface area contributed by atoms with Crippen LogP contribution in [-0.2, 0) is 0 Å². The van der Waals surface area contributed by atoms with Gasteiger partial charge >= 0.3 is 12.5 Å². The summed E-state index contributed by atoms with van der Waals surface area (Å²) in [6, 6.07) is 9.62. The summed E-state index contributed by atoms with van der Waals surface area (Å²) in [5, 5.41) is 2.39. The molecule has 2 heterocycles. The van der Waals surface area contributed by atoms with Gasteiger partial charge in [-0.25, -0.2) is 9.98 Å². The molecule has 3 N–H and O–H groups in total. The van der Waals surface area contributed by atoms with Crippen LogP contribution in [0.15, 0.2) is 78.2 Å². The van der Waals surface area contributed by atoms with Gasteiger partial charge in [-0.15, -0.1) is 13.2 Å². The number of halogens is 6. The van der Waals surface area contributed by atoms with Gasteiger partial charge in [0.2, 0.25) is 0 Å². The Kier molecular flexibility index (Phi) is 7.37. The van der Waals surface area contributed by atoms with Gasteiger partial charge < -0.3 is 15.8 Å². The fourth-order valence-electron chi connectivity index (χ4n) is 2.60. The number of nitrogens with zero attached hydrogens (tertiary/aromatic N) is 3. The van der Waals surface area contributed by atoms with Gasteiger partial charge in [0.25, 0.3) is 5.91 Å². The molecule has 35 heavy (non-hydrogen) atoms. The molecule has 2 aromatic heterocycles. The molecule has 0 aliphatic rings. The van der Waals surface area contributed by atoms with Crippen LogP contribution in [0.25, 0.3) is 5.70 Å². The highest BCUT2D eigenvalue weighted by atomic mass is 19.4. The third kappa shape index (κ3) is 7.55. The maximum Gasteiger partial charge on any atom is 0.573 e. The molecule has 3 aromatic rings. The second-order valence-corrected chi connectivity index (χ2v) is 6.76. The Hall–Kier alpha value is -4.42. The SMILES string of the molecule is NC(=CC(=Nc1ccc(C(=O)Nc2ccc(OC(F)(F)F)cc2)nc1)C(F)(F)F)c1cccnc1. The largest absolute Gasteiger partial charge is 0.573 e. The first kappa shape index (κ1) is 25.2. The number of nitrogens with one attached hydrogen (secondary N) is 1. The molecule has 7 nitrogen and oxygen atoms in total. The summed E-state index contributed by atoms with van der Waals surface area (Å²) in [6.45, 7) is 0. The summed E-state index contributed by atoms with van der Waals surface area (Å²) >= 11 is 0. The number of rotatable bonds is 6. The number of benzene rings is 1. The van der Waals surface area contributed by atoms with Gasteiger partial charge in [-0.1, -0.05) is 0 Å². The number of nitrogens with two attached hydrogens (primary N) is 1. The standard InChI is InChI=1S/C22H15F6N5O2/c23-21(24,25)19(10-17(29)13-2-1-9-30-11-13)32-15-5-8-18(31-12-15)20(34)33-14-3-6-16(7-4-14)35-22(26,27)28/h1-12H,29H2,(H,33,34). The number of pyridine rings is 2. The lowest BCUT2D eigenvalue weighted by Gasteiger charge is -2.10. The monoisotopic (exact) mass is 495 g/mol. The zero-order chi connectivity index (χ0) is 25.6. The molecule has 0 unspecified atom stereocenters. The Morgan fingerprint density at radius 3 is 2.26 bits per heavy atom. The van der Waals surface area contributed by atoms with E-state index in [1.54, 1.807) is 0 Å². The van der Waals surface area contributed by atoms with E-state index in [0.29, 0.717) is 6.08 Å². The highest BCUT2D eigenvalue weighted by molar-refractivity contribution is 6.05. The van der Waals surface area contributed by atoms with Gasteiger partial charge in [0, 0.05) is 29.3 Å². The number of hydrogen-bond acceptors (Lipinski definition) is 6. The first-order chi connectivity index (χ1) is 16.4. The Morgan fingerprint density at radius 2 is 1.71 bits per heavy atom. The maximum atomic E-state index is 13.4. The molecule has 0 aliphatic heterocycles. The molecule has 0 atom stereocenters. The smallest absolute Gasteiger partial charge is 0.406 e. The van der Waals surface area contributed by atoms with Crippen LogP contribution in [-0.4, -0.2) is 34.1 Å². The number of amides is 1. The van der Waals surface area contributed by atoms with Crippen LogP contribution in [0.5, 0.6) is 5.75 Å². The normalized spacial score (nSPS) is 12.9. The van der Waals surface area contributed by atoms with E-state index in [2.05, 4.69) is 25.0 Å². The lowest BCUT2D eigenvalue weighted by Crippen LogP contribution is -2.22. The summed E-state index contributed by atoms with van der Waals surface area (Å²) < 4.78 is 80.7. The van der Waals surface area contributed by atoms with Crippen LogP contribution in [0.4, 0.5) is 37.7 Å². The zero-order valence-corrected chi connectivity index (χ0v) is 17.4. The number of aliphatic imine (C=N–C) groups is 1. The van der Waals surface area contributed by atoms with Crippen molar-refractivity contribution in [3.05, 3.63) is 84.5 Å². The number of aromatic nitrogens is 2. The summed E-state index contributed by atoms with van der Waals surface area (Å²) in [7, 11) is 0. The molecule has 182 valence electrons. The van der Waals surface area contributed by atoms with E-state index < -0.39 is 29.9 Å². The molecule has 0 spiro atoms. The summed E-state index contributed by atoms with van der Waals surface area (Å²) in [4.78, 5) is 23.4. The second kappa shape index (κ2) is 10.2. The van der Waals surface area contributed by atoms with Gasteiger partial charge in [-0.05, 0) is 54.6 Å². The maximum absolute atomic E-state index is 13.4. The molecule has 0 radical (unpaired) electrons. The van der Waals surface area contributed by atoms with E-state index in [9.17, 15) is 31.1 Å². The first-order valence-electron chi connectivity index (χ1n) is 9.57. The van der Waals surface area contributed by atoms with Gasteiger partial charge in [-0.2, -0.15) is 13.2 Å². The van der Waals surface area contributed by atoms with Crippen molar-refractivity contribution in [1.29, 1.82) is 0 Å². The molecule has 0 saturated carbocycles. The predicted octanol–water partition coefficient (Wildman–Crippen LogP) is 5.26. The molecule has 1 aromatic carbocycles. The Bertz CT molecular complexity index is 1220. The highest BCUT2D eigenvalue weighted by Gasteiger charge is 2.34. The van der Waals surface area contributed by atoms with E-state index in [4.69, 9.17) is 5.73 Å². The third-order valence-electron chi connectivity index (χ3n) is 4.15. The Balaban J connectivity index is 1.74. The lowest BCUT2D eigenvalue weighted by molar-refractivity contribution is -0.274. The van der Waals surface area contributed by atoms with Crippen LogP contribution in [0, 0.1) is 0 Å². The number of ether oxygens (including phenoxy) is 1. The van der Waals surface area contributed by atoms with Crippen molar-refractivity contribution in [3.8, 4) is 5.75 Å². The third-order valence-corrected chi connectivity index (χ3v) is 4.15. The molecule has 0 saturated heterocycles. The second-order valence-electron chi connectivity index (χ2n) is 6.76. The number of anilines is 1. The van der Waals surface area contributed by atoms with Crippen LogP contribution in [0.1, 0.15) is 16.1 Å². The number of alkyl halides is 6. The molecule has 13 heteroatoms. The van der Waals surface area contributed by atoms with Crippen molar-refractivity contribution < 1.29 is 35.9 Å². The average molecular weight is 495 g/mol. The van der Waals surface area contributed by atoms with E-state index >= 15 is 0 Å². The highest BCUT2D eigenvalue weighted by Crippen LogP contribution is 2.25. The Morgan fingerprint density at radius 1 is 1.00 bits per heavy atom. The van der Waals surface area contributed by atoms with Gasteiger partial charge in [0.15, 0.2) is 0 Å². The number of carbonyl (C=O) groups is 1. The fourth-order valence-corrected chi connectivity index (χ4v) is 2.60. The minimum atomic E-state index is -4.86. The van der Waals surface area contributed by atoms with Crippen molar-refractivity contribution in [2.24, 2.45) is 10.7 Å². The minimum Gasteiger partial charge on any atom is -0.406 e. The summed E-state index contributed by atoms with van der Waals surface area (Å²) in [5.41, 5.74) is 4.28. The van der Waals surface area contributed by atoms with Crippen molar-refractivity contribution in [1.82, 2.24) is 9.97 Å². The van der Waals surface area contributed by atoms with Gasteiger partial charge in [0.1, 0.15) is 17.2 Å². The quantitative estimate of drug-likeness (QED) is 0.359. The van der Waals surface area contributed by atoms with E-state index in [0.717, 1.165) is 30.5 Å². The molecular formula is C22H15F6N5O2. The topological polar surface area (TPSA) is 102 Å². The van der Waals surface area contributed by atoms with Gasteiger partial charge in [-0.3, -0.25) is 9.78 Å². The van der Waals surface area contributed by atoms with Crippen LogP contribution >= 0.6 is 0 Å². The molecular weight excluding hydrogens is 480 g/mol. The number of hydrogen-bond donors (Lipinski definition) is 2. The van der Waals surface area contributed by atoms with Crippen LogP contribution in [0.3, 0.4) is 0 Å². The van der Waals surface area contributed by atoms with Crippen LogP contribution in [0.2, 0.25) is 0 Å². The first-order valence-corrected chi connectivity index (χ1v) is 9.57. The molecule has 0 bridgehead atoms. The molecule has 1 amide bonds. The number of carbonyl (C=O) groups excluding carboxylic acids is 1. The molecule has 0 fully saturated rings. The zero-order valence-electron chi connectivity index (χ0n) is 17.4. The summed E-state index contributed by atoms with van der Waals surface area (Å²) in [5.74, 6) is -1.23. The Labute approximate surface area is 194 Å². The predicted molar refractivity (Wildman–Crippen MR) is 115 cm³/mol. The summed E-state index contributed by atoms with van der Waals surface area (Å²) in [6.07, 6.45) is -5.34. The van der Waals surface area contributed by atoms with Crippen molar-refractivity contribution in [2.75, 3.05) is 5.32 Å². The lowest BCUT2D eigenvalue weighted by atomic mass is 10.1. The molecule has 3 rings (SSSR count). The van der Waals surface area contributed by atoms with Crippen molar-refractivity contribution >= 4 is 28.7 Å². The van der Waals surface area contributed by atoms with E-state index in [1.807, 2.05) is 0 Å². The van der Waals surface area contributed by atoms with E-state index in [-0.39, 0.29) is 28.3 Å². The van der Waals surface area contributed by atoms with Crippen molar-refractivity contribution in [2.45, 2.75) is 12.5 Å². The average Bonchev–Trinajstić information content (AvgIpc) is 2.79. The van der Waals surface area contributed by atoms with Crippen molar-refractivity contribution in [3.63, 3.8) is 0 Å². The minimum absolute atomic E-state index is 0.142. The molecule has 0 aliphatic carbocycles. The number of allylic oxidation sites excluding steroid dienone is 1.